The van der Waals surface area contributed by atoms with Gasteiger partial charge in [0.25, 0.3) is 0 Å². The minimum absolute atomic E-state index is 0.782. The number of hydrogen-bond donors (Lipinski definition) is 0. The average Bonchev–Trinajstić information content (AvgIpc) is 1.91. The van der Waals surface area contributed by atoms with Gasteiger partial charge in [-0.3, -0.25) is 0 Å². The summed E-state index contributed by atoms with van der Waals surface area (Å²) in [5, 5.41) is 0. The lowest BCUT2D eigenvalue weighted by molar-refractivity contribution is 0.107. The maximum absolute atomic E-state index is 5.28. The fourth-order valence-corrected chi connectivity index (χ4v) is 0.809. The third-order valence-electron chi connectivity index (χ3n) is 1.71. The summed E-state index contributed by atoms with van der Waals surface area (Å²) >= 11 is 0. The van der Waals surface area contributed by atoms with E-state index in [0.717, 1.165) is 19.1 Å². The second-order valence-electron chi connectivity index (χ2n) is 2.34. The molecule has 1 nitrogen and oxygen atoms in total. The van der Waals surface area contributed by atoms with Gasteiger partial charge >= 0.3 is 0 Å². The van der Waals surface area contributed by atoms with Crippen LogP contribution in [0.5, 0.6) is 0 Å². The highest BCUT2D eigenvalue weighted by molar-refractivity contribution is 4.50. The van der Waals surface area contributed by atoms with Gasteiger partial charge in [0.2, 0.25) is 0 Å². The molecule has 0 amide bonds. The lowest BCUT2D eigenvalue weighted by atomic mass is 10.1. The summed E-state index contributed by atoms with van der Waals surface area (Å²) in [4.78, 5) is 0. The Labute approximate surface area is 58.4 Å². The SMILES string of the molecule is CCOCC(CC)CC. The summed E-state index contributed by atoms with van der Waals surface area (Å²) in [7, 11) is 0. The van der Waals surface area contributed by atoms with Crippen LogP contribution >= 0.6 is 0 Å². The predicted molar refractivity (Wildman–Crippen MR) is 40.6 cm³/mol. The largest absolute Gasteiger partial charge is 0.381 e. The van der Waals surface area contributed by atoms with Gasteiger partial charge in [-0.1, -0.05) is 26.7 Å². The third kappa shape index (κ3) is 4.46. The Morgan fingerprint density at radius 2 is 1.67 bits per heavy atom. The molecule has 0 aromatic rings. The van der Waals surface area contributed by atoms with Gasteiger partial charge in [-0.05, 0) is 12.8 Å². The minimum Gasteiger partial charge on any atom is -0.381 e. The first-order chi connectivity index (χ1) is 4.35. The lowest BCUT2D eigenvalue weighted by Crippen LogP contribution is -2.06. The van der Waals surface area contributed by atoms with Crippen molar-refractivity contribution in [2.24, 2.45) is 5.92 Å². The molecule has 0 aliphatic heterocycles. The van der Waals surface area contributed by atoms with Gasteiger partial charge < -0.3 is 4.74 Å². The van der Waals surface area contributed by atoms with E-state index in [9.17, 15) is 0 Å². The summed E-state index contributed by atoms with van der Waals surface area (Å²) in [6.45, 7) is 8.28. The fourth-order valence-electron chi connectivity index (χ4n) is 0.809. The van der Waals surface area contributed by atoms with Crippen molar-refractivity contribution in [3.8, 4) is 0 Å². The van der Waals surface area contributed by atoms with Crippen molar-refractivity contribution >= 4 is 0 Å². The zero-order valence-corrected chi connectivity index (χ0v) is 6.81. The smallest absolute Gasteiger partial charge is 0.0493 e. The van der Waals surface area contributed by atoms with Crippen LogP contribution in [0.15, 0.2) is 0 Å². The number of hydrogen-bond acceptors (Lipinski definition) is 1. The van der Waals surface area contributed by atoms with Crippen LogP contribution in [-0.2, 0) is 4.74 Å². The van der Waals surface area contributed by atoms with E-state index in [0.29, 0.717) is 0 Å². The molecule has 0 aromatic carbocycles. The van der Waals surface area contributed by atoms with Crippen LogP contribution in [0.3, 0.4) is 0 Å². The van der Waals surface area contributed by atoms with Crippen molar-refractivity contribution in [1.82, 2.24) is 0 Å². The third-order valence-corrected chi connectivity index (χ3v) is 1.71. The highest BCUT2D eigenvalue weighted by Gasteiger charge is 2.00. The van der Waals surface area contributed by atoms with Crippen LogP contribution in [0.2, 0.25) is 0 Å². The Morgan fingerprint density at radius 1 is 1.11 bits per heavy atom. The molecule has 0 fully saturated rings. The molecule has 0 spiro atoms. The normalized spacial score (nSPS) is 10.7. The molecule has 9 heavy (non-hydrogen) atoms. The van der Waals surface area contributed by atoms with Crippen molar-refractivity contribution in [2.75, 3.05) is 13.2 Å². The Morgan fingerprint density at radius 3 is 2.00 bits per heavy atom. The van der Waals surface area contributed by atoms with E-state index in [2.05, 4.69) is 13.8 Å². The van der Waals surface area contributed by atoms with Gasteiger partial charge in [0, 0.05) is 13.2 Å². The van der Waals surface area contributed by atoms with E-state index in [4.69, 9.17) is 4.74 Å². The van der Waals surface area contributed by atoms with Crippen molar-refractivity contribution in [1.29, 1.82) is 0 Å². The average molecular weight is 130 g/mol. The molecule has 0 aliphatic carbocycles. The molecule has 0 aromatic heterocycles. The molecule has 0 aliphatic rings. The molecule has 0 unspecified atom stereocenters. The second-order valence-corrected chi connectivity index (χ2v) is 2.34. The van der Waals surface area contributed by atoms with Gasteiger partial charge in [-0.2, -0.15) is 0 Å². The van der Waals surface area contributed by atoms with E-state index in [1.165, 1.54) is 12.8 Å². The van der Waals surface area contributed by atoms with Crippen molar-refractivity contribution in [3.63, 3.8) is 0 Å². The summed E-state index contributed by atoms with van der Waals surface area (Å²) < 4.78 is 5.28. The maximum Gasteiger partial charge on any atom is 0.0493 e. The number of ether oxygens (including phenoxy) is 1. The molecule has 0 rings (SSSR count). The van der Waals surface area contributed by atoms with E-state index in [1.807, 2.05) is 6.92 Å². The van der Waals surface area contributed by atoms with E-state index >= 15 is 0 Å². The van der Waals surface area contributed by atoms with Gasteiger partial charge in [0.1, 0.15) is 0 Å². The Hall–Kier alpha value is -0.0400. The Kier molecular flexibility index (Phi) is 6.06. The summed E-state index contributed by atoms with van der Waals surface area (Å²) in [6.07, 6.45) is 2.49. The van der Waals surface area contributed by atoms with Gasteiger partial charge in [0.05, 0.1) is 0 Å². The van der Waals surface area contributed by atoms with E-state index in [1.54, 1.807) is 0 Å². The predicted octanol–water partition coefficient (Wildman–Crippen LogP) is 2.46. The van der Waals surface area contributed by atoms with E-state index < -0.39 is 0 Å². The van der Waals surface area contributed by atoms with Gasteiger partial charge in [-0.25, -0.2) is 0 Å². The van der Waals surface area contributed by atoms with Gasteiger partial charge in [-0.15, -0.1) is 0 Å². The van der Waals surface area contributed by atoms with Crippen LogP contribution in [-0.4, -0.2) is 13.2 Å². The van der Waals surface area contributed by atoms with Crippen LogP contribution in [0.25, 0.3) is 0 Å². The van der Waals surface area contributed by atoms with Crippen LogP contribution in [0.4, 0.5) is 0 Å². The first kappa shape index (κ1) is 8.96. The molecule has 56 valence electrons. The standard InChI is InChI=1S/C8H18O/c1-4-8(5-2)7-9-6-3/h8H,4-7H2,1-3H3. The molecular formula is C8H18O. The van der Waals surface area contributed by atoms with Crippen LogP contribution < -0.4 is 0 Å². The topological polar surface area (TPSA) is 9.23 Å². The lowest BCUT2D eigenvalue weighted by Gasteiger charge is -2.10. The Bertz CT molecular complexity index is 48.5. The van der Waals surface area contributed by atoms with E-state index in [-0.39, 0.29) is 0 Å². The van der Waals surface area contributed by atoms with Crippen molar-refractivity contribution in [3.05, 3.63) is 0 Å². The first-order valence-electron chi connectivity index (χ1n) is 3.92. The number of rotatable bonds is 5. The summed E-state index contributed by atoms with van der Waals surface area (Å²) in [6, 6.07) is 0. The van der Waals surface area contributed by atoms with Crippen molar-refractivity contribution < 1.29 is 4.74 Å². The zero-order valence-electron chi connectivity index (χ0n) is 6.81. The molecule has 0 bridgehead atoms. The molecule has 1 heteroatoms. The second kappa shape index (κ2) is 6.09. The van der Waals surface area contributed by atoms with Gasteiger partial charge in [0.15, 0.2) is 0 Å². The first-order valence-corrected chi connectivity index (χ1v) is 3.92. The Balaban J connectivity index is 3.09. The molecule has 0 saturated carbocycles. The fraction of sp³-hybridized carbons (Fsp3) is 1.00. The van der Waals surface area contributed by atoms with Crippen LogP contribution in [0, 0.1) is 5.92 Å². The van der Waals surface area contributed by atoms with Crippen LogP contribution in [0.1, 0.15) is 33.6 Å². The molecule has 0 atom stereocenters. The molecule has 0 radical (unpaired) electrons. The maximum atomic E-state index is 5.28. The summed E-state index contributed by atoms with van der Waals surface area (Å²) in [5.74, 6) is 0.782. The molecule has 0 saturated heterocycles. The zero-order chi connectivity index (χ0) is 7.11. The monoisotopic (exact) mass is 130 g/mol. The molecular weight excluding hydrogens is 112 g/mol. The highest BCUT2D eigenvalue weighted by atomic mass is 16.5. The molecule has 0 N–H and O–H groups in total. The minimum atomic E-state index is 0.782. The molecule has 0 heterocycles. The highest BCUT2D eigenvalue weighted by Crippen LogP contribution is 2.06. The quantitative estimate of drug-likeness (QED) is 0.555. The summed E-state index contributed by atoms with van der Waals surface area (Å²) in [5.41, 5.74) is 0. The van der Waals surface area contributed by atoms with Crippen molar-refractivity contribution in [2.45, 2.75) is 33.6 Å².